The minimum atomic E-state index is -3.55. The minimum absolute atomic E-state index is 0.166. The molecule has 0 bridgehead atoms. The van der Waals surface area contributed by atoms with Crippen molar-refractivity contribution in [3.63, 3.8) is 0 Å². The van der Waals surface area contributed by atoms with Crippen LogP contribution in [0.3, 0.4) is 0 Å². The number of nitrogens with zero attached hydrogens (tertiary/aromatic N) is 4. The van der Waals surface area contributed by atoms with Crippen LogP contribution in [0, 0.1) is 0 Å². The van der Waals surface area contributed by atoms with Gasteiger partial charge in [0.25, 0.3) is 0 Å². The fourth-order valence-corrected chi connectivity index (χ4v) is 4.90. The fourth-order valence-electron chi connectivity index (χ4n) is 3.91. The summed E-state index contributed by atoms with van der Waals surface area (Å²) in [5.41, 5.74) is 1.36. The first-order chi connectivity index (χ1) is 15.0. The Labute approximate surface area is 185 Å². The molecule has 1 unspecified atom stereocenters. The SMILES string of the molecule is CCC(c1ccccc1)N1CCN(C(=NC)NCCNS(=O)(=O)c2cccnc2)CC1. The molecule has 2 heterocycles. The summed E-state index contributed by atoms with van der Waals surface area (Å²) in [5, 5.41) is 3.27. The molecule has 0 aliphatic carbocycles. The maximum Gasteiger partial charge on any atom is 0.242 e. The van der Waals surface area contributed by atoms with E-state index >= 15 is 0 Å². The Morgan fingerprint density at radius 3 is 2.45 bits per heavy atom. The fraction of sp³-hybridized carbons (Fsp3) is 0.455. The first-order valence-electron chi connectivity index (χ1n) is 10.7. The monoisotopic (exact) mass is 444 g/mol. The number of hydrogen-bond donors (Lipinski definition) is 2. The third-order valence-electron chi connectivity index (χ3n) is 5.48. The lowest BCUT2D eigenvalue weighted by atomic mass is 10.0. The Bertz CT molecular complexity index is 929. The molecule has 1 atom stereocenters. The van der Waals surface area contributed by atoms with Gasteiger partial charge in [-0.3, -0.25) is 14.9 Å². The molecule has 1 aromatic carbocycles. The lowest BCUT2D eigenvalue weighted by molar-refractivity contribution is 0.127. The predicted molar refractivity (Wildman–Crippen MR) is 123 cm³/mol. The Kier molecular flexibility index (Phi) is 8.39. The number of hydrogen-bond acceptors (Lipinski definition) is 5. The standard InChI is InChI=1S/C22H32N6O2S/c1-3-21(19-8-5-4-6-9-19)27-14-16-28(17-15-27)22(23-2)25-12-13-26-31(29,30)20-10-7-11-24-18-20/h4-11,18,21,26H,3,12-17H2,1-2H3,(H,23,25). The maximum absolute atomic E-state index is 12.3. The van der Waals surface area contributed by atoms with Crippen LogP contribution in [0.5, 0.6) is 0 Å². The highest BCUT2D eigenvalue weighted by molar-refractivity contribution is 7.89. The highest BCUT2D eigenvalue weighted by Gasteiger charge is 2.25. The predicted octanol–water partition coefficient (Wildman–Crippen LogP) is 1.70. The number of sulfonamides is 1. The van der Waals surface area contributed by atoms with Crippen molar-refractivity contribution < 1.29 is 8.42 Å². The van der Waals surface area contributed by atoms with Gasteiger partial charge in [-0.1, -0.05) is 37.3 Å². The number of piperazine rings is 1. The van der Waals surface area contributed by atoms with E-state index in [-0.39, 0.29) is 11.4 Å². The van der Waals surface area contributed by atoms with Crippen LogP contribution in [0.25, 0.3) is 0 Å². The molecule has 0 radical (unpaired) electrons. The summed E-state index contributed by atoms with van der Waals surface area (Å²) in [6, 6.07) is 14.2. The van der Waals surface area contributed by atoms with Crippen LogP contribution < -0.4 is 10.0 Å². The number of pyridine rings is 1. The van der Waals surface area contributed by atoms with Crippen LogP contribution in [-0.2, 0) is 10.0 Å². The van der Waals surface area contributed by atoms with Gasteiger partial charge in [0.1, 0.15) is 4.90 Å². The van der Waals surface area contributed by atoms with E-state index in [9.17, 15) is 8.42 Å². The highest BCUT2D eigenvalue weighted by Crippen LogP contribution is 2.25. The smallest absolute Gasteiger partial charge is 0.242 e. The highest BCUT2D eigenvalue weighted by atomic mass is 32.2. The molecule has 0 spiro atoms. The van der Waals surface area contributed by atoms with Gasteiger partial charge in [-0.2, -0.15) is 0 Å². The lowest BCUT2D eigenvalue weighted by Gasteiger charge is -2.40. The lowest BCUT2D eigenvalue weighted by Crippen LogP contribution is -2.53. The second-order valence-electron chi connectivity index (χ2n) is 7.42. The van der Waals surface area contributed by atoms with Gasteiger partial charge >= 0.3 is 0 Å². The molecule has 0 saturated carbocycles. The van der Waals surface area contributed by atoms with E-state index < -0.39 is 10.0 Å². The van der Waals surface area contributed by atoms with Gasteiger partial charge in [0, 0.05) is 64.8 Å². The van der Waals surface area contributed by atoms with Crippen molar-refractivity contribution in [3.8, 4) is 0 Å². The number of rotatable bonds is 8. The molecule has 0 amide bonds. The van der Waals surface area contributed by atoms with Crippen molar-refractivity contribution in [2.24, 2.45) is 4.99 Å². The first-order valence-corrected chi connectivity index (χ1v) is 12.2. The summed E-state index contributed by atoms with van der Waals surface area (Å²) in [6.07, 6.45) is 3.97. The molecule has 2 N–H and O–H groups in total. The van der Waals surface area contributed by atoms with E-state index in [0.29, 0.717) is 12.6 Å². The van der Waals surface area contributed by atoms with Crippen LogP contribution in [0.1, 0.15) is 24.9 Å². The van der Waals surface area contributed by atoms with E-state index in [1.54, 1.807) is 19.3 Å². The second kappa shape index (κ2) is 11.2. The zero-order valence-electron chi connectivity index (χ0n) is 18.2. The van der Waals surface area contributed by atoms with Crippen LogP contribution in [-0.4, -0.2) is 75.5 Å². The van der Waals surface area contributed by atoms with Crippen molar-refractivity contribution in [3.05, 3.63) is 60.4 Å². The molecule has 1 saturated heterocycles. The normalized spacial score (nSPS) is 16.8. The Hall–Kier alpha value is -2.49. The molecule has 1 aromatic heterocycles. The number of aliphatic imine (C=N–C) groups is 1. The van der Waals surface area contributed by atoms with Crippen LogP contribution in [0.4, 0.5) is 0 Å². The molecule has 1 fully saturated rings. The summed E-state index contributed by atoms with van der Waals surface area (Å²) in [5.74, 6) is 0.799. The van der Waals surface area contributed by atoms with E-state index in [1.165, 1.54) is 17.8 Å². The van der Waals surface area contributed by atoms with E-state index in [4.69, 9.17) is 0 Å². The summed E-state index contributed by atoms with van der Waals surface area (Å²) in [7, 11) is -1.79. The quantitative estimate of drug-likeness (QED) is 0.366. The van der Waals surface area contributed by atoms with Crippen molar-refractivity contribution in [1.82, 2.24) is 24.8 Å². The molecule has 168 valence electrons. The van der Waals surface area contributed by atoms with Crippen molar-refractivity contribution in [1.29, 1.82) is 0 Å². The summed E-state index contributed by atoms with van der Waals surface area (Å²) >= 11 is 0. The van der Waals surface area contributed by atoms with Crippen LogP contribution >= 0.6 is 0 Å². The van der Waals surface area contributed by atoms with Crippen LogP contribution in [0.15, 0.2) is 64.7 Å². The second-order valence-corrected chi connectivity index (χ2v) is 9.19. The molecule has 9 heteroatoms. The van der Waals surface area contributed by atoms with Gasteiger partial charge in [0.15, 0.2) is 5.96 Å². The van der Waals surface area contributed by atoms with E-state index in [2.05, 4.69) is 67.1 Å². The molecule has 8 nitrogen and oxygen atoms in total. The Morgan fingerprint density at radius 1 is 1.10 bits per heavy atom. The zero-order valence-corrected chi connectivity index (χ0v) is 19.1. The molecule has 31 heavy (non-hydrogen) atoms. The molecule has 2 aromatic rings. The third kappa shape index (κ3) is 6.25. The molecule has 3 rings (SSSR count). The van der Waals surface area contributed by atoms with Gasteiger partial charge in [0.2, 0.25) is 10.0 Å². The van der Waals surface area contributed by atoms with Crippen molar-refractivity contribution in [2.75, 3.05) is 46.3 Å². The molecular weight excluding hydrogens is 412 g/mol. The van der Waals surface area contributed by atoms with Crippen molar-refractivity contribution >= 4 is 16.0 Å². The number of nitrogens with one attached hydrogen (secondary N) is 2. The molecule has 1 aliphatic heterocycles. The zero-order chi connectivity index (χ0) is 22.1. The summed E-state index contributed by atoms with van der Waals surface area (Å²) in [4.78, 5) is 13.2. The largest absolute Gasteiger partial charge is 0.355 e. The topological polar surface area (TPSA) is 89.9 Å². The van der Waals surface area contributed by atoms with Gasteiger partial charge in [0.05, 0.1) is 0 Å². The number of guanidine groups is 1. The Morgan fingerprint density at radius 2 is 1.84 bits per heavy atom. The van der Waals surface area contributed by atoms with E-state index in [1.807, 2.05) is 0 Å². The van der Waals surface area contributed by atoms with Gasteiger partial charge in [-0.25, -0.2) is 13.1 Å². The van der Waals surface area contributed by atoms with E-state index in [0.717, 1.165) is 38.6 Å². The van der Waals surface area contributed by atoms with Gasteiger partial charge in [-0.05, 0) is 24.1 Å². The number of benzene rings is 1. The average Bonchev–Trinajstić information content (AvgIpc) is 2.81. The minimum Gasteiger partial charge on any atom is -0.355 e. The van der Waals surface area contributed by atoms with Crippen molar-refractivity contribution in [2.45, 2.75) is 24.3 Å². The molecular formula is C22H32N6O2S. The summed E-state index contributed by atoms with van der Waals surface area (Å²) < 4.78 is 27.1. The first kappa shape index (κ1) is 23.2. The molecule has 1 aliphatic rings. The van der Waals surface area contributed by atoms with Crippen LogP contribution in [0.2, 0.25) is 0 Å². The van der Waals surface area contributed by atoms with Gasteiger partial charge in [-0.15, -0.1) is 0 Å². The Balaban J connectivity index is 1.46. The third-order valence-corrected chi connectivity index (χ3v) is 6.93. The number of aromatic nitrogens is 1. The maximum atomic E-state index is 12.3. The summed E-state index contributed by atoms with van der Waals surface area (Å²) in [6.45, 7) is 6.63. The average molecular weight is 445 g/mol. The van der Waals surface area contributed by atoms with Gasteiger partial charge < -0.3 is 10.2 Å².